The van der Waals surface area contributed by atoms with Gasteiger partial charge in [-0.1, -0.05) is 18.2 Å². The fourth-order valence-electron chi connectivity index (χ4n) is 1.75. The second kappa shape index (κ2) is 5.39. The van der Waals surface area contributed by atoms with Gasteiger partial charge in [0, 0.05) is 9.26 Å². The van der Waals surface area contributed by atoms with Crippen LogP contribution in [0.3, 0.4) is 0 Å². The molecule has 0 saturated heterocycles. The van der Waals surface area contributed by atoms with Gasteiger partial charge in [0.15, 0.2) is 0 Å². The van der Waals surface area contributed by atoms with Crippen molar-refractivity contribution in [3.63, 3.8) is 0 Å². The van der Waals surface area contributed by atoms with Crippen LogP contribution in [0.15, 0.2) is 42.5 Å². The van der Waals surface area contributed by atoms with Crippen LogP contribution in [0, 0.1) is 3.57 Å². The van der Waals surface area contributed by atoms with E-state index in [4.69, 9.17) is 10.5 Å². The third-order valence-corrected chi connectivity index (χ3v) is 3.55. The van der Waals surface area contributed by atoms with E-state index in [1.807, 2.05) is 24.3 Å². The molecule has 0 spiro atoms. The highest BCUT2D eigenvalue weighted by Crippen LogP contribution is 2.30. The molecule has 0 fully saturated rings. The van der Waals surface area contributed by atoms with Gasteiger partial charge in [-0.3, -0.25) is 0 Å². The van der Waals surface area contributed by atoms with Crippen molar-refractivity contribution in [2.24, 2.45) is 0 Å². The molecule has 4 heteroatoms. The number of esters is 1. The topological polar surface area (TPSA) is 52.3 Å². The third kappa shape index (κ3) is 2.48. The summed E-state index contributed by atoms with van der Waals surface area (Å²) < 4.78 is 5.86. The van der Waals surface area contributed by atoms with Crippen LogP contribution < -0.4 is 5.73 Å². The Morgan fingerprint density at radius 1 is 1.17 bits per heavy atom. The molecule has 0 radical (unpaired) electrons. The van der Waals surface area contributed by atoms with E-state index in [1.165, 1.54) is 7.11 Å². The summed E-state index contributed by atoms with van der Waals surface area (Å²) in [5.74, 6) is -0.357. The Kier molecular flexibility index (Phi) is 3.86. The van der Waals surface area contributed by atoms with Gasteiger partial charge in [0.2, 0.25) is 0 Å². The maximum Gasteiger partial charge on any atom is 0.338 e. The number of benzene rings is 2. The summed E-state index contributed by atoms with van der Waals surface area (Å²) in [5, 5.41) is 0. The molecule has 0 amide bonds. The number of nitrogen functional groups attached to an aromatic ring is 1. The van der Waals surface area contributed by atoms with Gasteiger partial charge in [-0.05, 0) is 58.0 Å². The summed E-state index contributed by atoms with van der Waals surface area (Å²) in [5.41, 5.74) is 8.72. The van der Waals surface area contributed by atoms with Gasteiger partial charge >= 0.3 is 5.97 Å². The number of hydrogen-bond acceptors (Lipinski definition) is 3. The molecular formula is C14H12INO2. The van der Waals surface area contributed by atoms with Gasteiger partial charge in [-0.2, -0.15) is 0 Å². The zero-order valence-corrected chi connectivity index (χ0v) is 12.0. The summed E-state index contributed by atoms with van der Waals surface area (Å²) >= 11 is 2.23. The zero-order chi connectivity index (χ0) is 13.1. The van der Waals surface area contributed by atoms with E-state index in [-0.39, 0.29) is 5.97 Å². The van der Waals surface area contributed by atoms with Crippen LogP contribution in [0.2, 0.25) is 0 Å². The molecule has 0 unspecified atom stereocenters. The van der Waals surface area contributed by atoms with Crippen LogP contribution in [-0.4, -0.2) is 13.1 Å². The number of carbonyl (C=O) groups excluding carboxylic acids is 1. The molecule has 0 bridgehead atoms. The summed E-state index contributed by atoms with van der Waals surface area (Å²) in [7, 11) is 1.37. The minimum atomic E-state index is -0.357. The van der Waals surface area contributed by atoms with Crippen molar-refractivity contribution in [1.29, 1.82) is 0 Å². The smallest absolute Gasteiger partial charge is 0.338 e. The van der Waals surface area contributed by atoms with Crippen molar-refractivity contribution in [1.82, 2.24) is 0 Å². The number of nitrogens with two attached hydrogens (primary N) is 1. The van der Waals surface area contributed by atoms with Gasteiger partial charge in [0.05, 0.1) is 12.7 Å². The van der Waals surface area contributed by atoms with Gasteiger partial charge in [0.25, 0.3) is 0 Å². The summed E-state index contributed by atoms with van der Waals surface area (Å²) in [4.78, 5) is 11.8. The molecule has 0 atom stereocenters. The third-order valence-electron chi connectivity index (χ3n) is 2.61. The molecule has 2 aromatic carbocycles. The molecule has 0 aliphatic heterocycles. The van der Waals surface area contributed by atoms with Crippen LogP contribution in [0.5, 0.6) is 0 Å². The molecule has 18 heavy (non-hydrogen) atoms. The number of hydrogen-bond donors (Lipinski definition) is 1. The molecule has 0 aliphatic carbocycles. The van der Waals surface area contributed by atoms with E-state index in [9.17, 15) is 4.79 Å². The van der Waals surface area contributed by atoms with E-state index in [2.05, 4.69) is 22.6 Å². The quantitative estimate of drug-likeness (QED) is 0.512. The molecule has 0 aliphatic rings. The molecular weight excluding hydrogens is 341 g/mol. The predicted molar refractivity (Wildman–Crippen MR) is 80.3 cm³/mol. The van der Waals surface area contributed by atoms with Crippen LogP contribution in [0.4, 0.5) is 5.69 Å². The van der Waals surface area contributed by atoms with E-state index in [0.29, 0.717) is 11.3 Å². The highest BCUT2D eigenvalue weighted by Gasteiger charge is 2.15. The predicted octanol–water partition coefficient (Wildman–Crippen LogP) is 3.33. The van der Waals surface area contributed by atoms with Crippen LogP contribution in [0.1, 0.15) is 10.4 Å². The Morgan fingerprint density at radius 3 is 2.56 bits per heavy atom. The molecule has 92 valence electrons. The van der Waals surface area contributed by atoms with Crippen molar-refractivity contribution in [3.05, 3.63) is 51.6 Å². The van der Waals surface area contributed by atoms with Crippen molar-refractivity contribution in [3.8, 4) is 11.1 Å². The van der Waals surface area contributed by atoms with E-state index in [1.54, 1.807) is 18.2 Å². The van der Waals surface area contributed by atoms with Crippen molar-refractivity contribution < 1.29 is 9.53 Å². The molecule has 0 saturated carbocycles. The molecule has 2 rings (SSSR count). The average Bonchev–Trinajstić information content (AvgIpc) is 2.38. The number of ether oxygens (including phenoxy) is 1. The Morgan fingerprint density at radius 2 is 1.89 bits per heavy atom. The second-order valence-electron chi connectivity index (χ2n) is 3.78. The van der Waals surface area contributed by atoms with Gasteiger partial charge in [-0.15, -0.1) is 0 Å². The standard InChI is InChI=1S/C14H12INO2/c1-18-14(17)11-7-6-9(16)8-12(11)10-4-2-3-5-13(10)15/h2-8H,16H2,1H3. The van der Waals surface area contributed by atoms with Crippen LogP contribution in [0.25, 0.3) is 11.1 Å². The lowest BCUT2D eigenvalue weighted by atomic mass is 9.99. The van der Waals surface area contributed by atoms with Crippen molar-refractivity contribution >= 4 is 34.2 Å². The Hall–Kier alpha value is -1.56. The fraction of sp³-hybridized carbons (Fsp3) is 0.0714. The Balaban J connectivity index is 2.66. The SMILES string of the molecule is COC(=O)c1ccc(N)cc1-c1ccccc1I. The summed E-state index contributed by atoms with van der Waals surface area (Å²) in [6, 6.07) is 13.0. The molecule has 0 heterocycles. The fourth-order valence-corrected chi connectivity index (χ4v) is 2.43. The normalized spacial score (nSPS) is 10.1. The lowest BCUT2D eigenvalue weighted by Gasteiger charge is -2.10. The van der Waals surface area contributed by atoms with Crippen LogP contribution >= 0.6 is 22.6 Å². The maximum absolute atomic E-state index is 11.8. The van der Waals surface area contributed by atoms with Crippen molar-refractivity contribution in [2.45, 2.75) is 0 Å². The Bertz CT molecular complexity index is 596. The molecule has 3 nitrogen and oxygen atoms in total. The molecule has 2 N–H and O–H groups in total. The maximum atomic E-state index is 11.8. The highest BCUT2D eigenvalue weighted by molar-refractivity contribution is 14.1. The minimum absolute atomic E-state index is 0.357. The van der Waals surface area contributed by atoms with E-state index < -0.39 is 0 Å². The Labute approximate surface area is 119 Å². The van der Waals surface area contributed by atoms with Crippen LogP contribution in [-0.2, 0) is 4.74 Å². The van der Waals surface area contributed by atoms with E-state index >= 15 is 0 Å². The molecule has 0 aromatic heterocycles. The number of methoxy groups -OCH3 is 1. The van der Waals surface area contributed by atoms with Crippen molar-refractivity contribution in [2.75, 3.05) is 12.8 Å². The van der Waals surface area contributed by atoms with Gasteiger partial charge in [-0.25, -0.2) is 4.79 Å². The first-order valence-electron chi connectivity index (χ1n) is 5.36. The second-order valence-corrected chi connectivity index (χ2v) is 4.94. The molecule has 2 aromatic rings. The summed E-state index contributed by atoms with van der Waals surface area (Å²) in [6.07, 6.45) is 0. The van der Waals surface area contributed by atoms with Gasteiger partial charge in [0.1, 0.15) is 0 Å². The first kappa shape index (κ1) is 12.9. The number of rotatable bonds is 2. The lowest BCUT2D eigenvalue weighted by Crippen LogP contribution is -2.04. The average molecular weight is 353 g/mol. The number of halogens is 1. The van der Waals surface area contributed by atoms with E-state index in [0.717, 1.165) is 14.7 Å². The lowest BCUT2D eigenvalue weighted by molar-refractivity contribution is 0.0601. The largest absolute Gasteiger partial charge is 0.465 e. The monoisotopic (exact) mass is 353 g/mol. The summed E-state index contributed by atoms with van der Waals surface area (Å²) in [6.45, 7) is 0. The number of carbonyl (C=O) groups is 1. The zero-order valence-electron chi connectivity index (χ0n) is 9.81. The highest BCUT2D eigenvalue weighted by atomic mass is 127. The first-order chi connectivity index (χ1) is 8.63. The number of anilines is 1. The minimum Gasteiger partial charge on any atom is -0.465 e. The van der Waals surface area contributed by atoms with Gasteiger partial charge < -0.3 is 10.5 Å². The first-order valence-corrected chi connectivity index (χ1v) is 6.44.